The fourth-order valence-electron chi connectivity index (χ4n) is 4.01. The van der Waals surface area contributed by atoms with E-state index in [0.717, 1.165) is 34.9 Å². The summed E-state index contributed by atoms with van der Waals surface area (Å²) >= 11 is 0. The van der Waals surface area contributed by atoms with Crippen LogP contribution in [0.15, 0.2) is 36.4 Å². The number of halogens is 4. The molecule has 0 spiro atoms. The first kappa shape index (κ1) is 25.1. The van der Waals surface area contributed by atoms with Crippen molar-refractivity contribution in [1.29, 1.82) is 0 Å². The van der Waals surface area contributed by atoms with E-state index in [1.807, 2.05) is 13.8 Å². The third-order valence-electron chi connectivity index (χ3n) is 5.85. The largest absolute Gasteiger partial charge is 0.573 e. The molecule has 2 aromatic carbocycles. The van der Waals surface area contributed by atoms with E-state index in [1.54, 1.807) is 0 Å². The van der Waals surface area contributed by atoms with Crippen LogP contribution in [0, 0.1) is 18.7 Å². The average molecular weight is 481 g/mol. The number of carboxylic acid groups (broad SMARTS) is 1. The lowest BCUT2D eigenvalue weighted by atomic mass is 9.87. The van der Waals surface area contributed by atoms with Gasteiger partial charge in [0.2, 0.25) is 0 Å². The molecule has 2 atom stereocenters. The minimum atomic E-state index is -4.89. The molecule has 182 valence electrons. The van der Waals surface area contributed by atoms with Gasteiger partial charge in [0.1, 0.15) is 5.75 Å². The van der Waals surface area contributed by atoms with Crippen LogP contribution in [0.3, 0.4) is 0 Å². The Kier molecular flexibility index (Phi) is 6.90. The van der Waals surface area contributed by atoms with Gasteiger partial charge in [0, 0.05) is 16.6 Å². The van der Waals surface area contributed by atoms with Crippen LogP contribution in [0.4, 0.5) is 17.6 Å². The molecular weight excluding hydrogens is 458 g/mol. The molecule has 0 aliphatic rings. The summed E-state index contributed by atoms with van der Waals surface area (Å²) in [5, 5.41) is 19.7. The number of phenolic OH excluding ortho intramolecular Hbond substituents is 1. The van der Waals surface area contributed by atoms with Crippen LogP contribution < -0.4 is 4.74 Å². The number of aliphatic carboxylic acids is 1. The summed E-state index contributed by atoms with van der Waals surface area (Å²) in [7, 11) is 0. The molecule has 0 aliphatic carbocycles. The van der Waals surface area contributed by atoms with Gasteiger partial charge in [0.25, 0.3) is 5.91 Å². The molecule has 1 aromatic heterocycles. The Hall–Kier alpha value is -3.56. The fourth-order valence-corrected chi connectivity index (χ4v) is 4.01. The molecule has 34 heavy (non-hydrogen) atoms. The second-order valence-corrected chi connectivity index (χ2v) is 8.14. The molecule has 0 radical (unpaired) electrons. The number of phenols is 1. The predicted molar refractivity (Wildman–Crippen MR) is 116 cm³/mol. The first-order chi connectivity index (χ1) is 15.9. The number of aromatic nitrogens is 1. The average Bonchev–Trinajstić information content (AvgIpc) is 3.05. The summed E-state index contributed by atoms with van der Waals surface area (Å²) in [4.78, 5) is 25.5. The number of carbonyl (C=O) groups excluding carboxylic acids is 1. The van der Waals surface area contributed by atoms with Crippen molar-refractivity contribution in [2.45, 2.75) is 45.9 Å². The van der Waals surface area contributed by atoms with Crippen molar-refractivity contribution in [1.82, 2.24) is 4.57 Å². The minimum absolute atomic E-state index is 0.0175. The highest BCUT2D eigenvalue weighted by atomic mass is 19.4. The molecule has 0 amide bonds. The van der Waals surface area contributed by atoms with Gasteiger partial charge in [-0.2, -0.15) is 0 Å². The van der Waals surface area contributed by atoms with Crippen LogP contribution in [0.1, 0.15) is 54.2 Å². The molecule has 0 bridgehead atoms. The number of ether oxygens (including phenoxy) is 1. The van der Waals surface area contributed by atoms with E-state index in [4.69, 9.17) is 0 Å². The molecule has 0 saturated carbocycles. The Labute approximate surface area is 192 Å². The zero-order valence-corrected chi connectivity index (χ0v) is 18.6. The van der Waals surface area contributed by atoms with Gasteiger partial charge < -0.3 is 14.9 Å². The van der Waals surface area contributed by atoms with Gasteiger partial charge in [0.05, 0.1) is 11.4 Å². The number of rotatable bonds is 7. The number of fused-ring (bicyclic) bond motifs is 1. The molecule has 3 aromatic rings. The molecular formula is C24H23F4NO5. The van der Waals surface area contributed by atoms with Gasteiger partial charge in [0.15, 0.2) is 11.6 Å². The number of nitrogens with zero attached hydrogens (tertiary/aromatic N) is 1. The van der Waals surface area contributed by atoms with Crippen molar-refractivity contribution in [2.24, 2.45) is 5.92 Å². The Morgan fingerprint density at radius 1 is 1.12 bits per heavy atom. The van der Waals surface area contributed by atoms with E-state index < -0.39 is 41.5 Å². The van der Waals surface area contributed by atoms with E-state index in [-0.39, 0.29) is 40.1 Å². The number of hydrogen-bond acceptors (Lipinski definition) is 4. The van der Waals surface area contributed by atoms with E-state index >= 15 is 4.39 Å². The quantitative estimate of drug-likeness (QED) is 0.405. The second kappa shape index (κ2) is 9.36. The van der Waals surface area contributed by atoms with E-state index in [0.29, 0.717) is 6.42 Å². The molecule has 1 heterocycles. The summed E-state index contributed by atoms with van der Waals surface area (Å²) in [6.45, 7) is 5.22. The summed E-state index contributed by atoms with van der Waals surface area (Å²) in [5.41, 5.74) is 0.250. The first-order valence-electron chi connectivity index (χ1n) is 10.5. The first-order valence-corrected chi connectivity index (χ1v) is 10.5. The van der Waals surface area contributed by atoms with Crippen molar-refractivity contribution in [3.05, 3.63) is 59.0 Å². The fraction of sp³-hybridized carbons (Fsp3) is 0.333. The van der Waals surface area contributed by atoms with E-state index in [1.165, 1.54) is 13.0 Å². The van der Waals surface area contributed by atoms with E-state index in [9.17, 15) is 33.0 Å². The van der Waals surface area contributed by atoms with Gasteiger partial charge in [-0.15, -0.1) is 13.2 Å². The van der Waals surface area contributed by atoms with Crippen LogP contribution in [0.5, 0.6) is 11.5 Å². The maximum Gasteiger partial charge on any atom is 0.573 e. The number of alkyl halides is 3. The molecule has 2 unspecified atom stereocenters. The highest BCUT2D eigenvalue weighted by Gasteiger charge is 2.33. The third kappa shape index (κ3) is 4.85. The SMILES string of the molecule is CCC(C)CC(C(=O)O)c1c(C)n(C(=O)c2ccc(OC(F)(F)F)cc2)c2ccc(O)c(F)c12. The van der Waals surface area contributed by atoms with Gasteiger partial charge in [-0.1, -0.05) is 20.3 Å². The number of carboxylic acids is 1. The van der Waals surface area contributed by atoms with Gasteiger partial charge in [-0.05, 0) is 61.2 Å². The van der Waals surface area contributed by atoms with Crippen LogP contribution in [-0.4, -0.2) is 33.0 Å². The van der Waals surface area contributed by atoms with Crippen LogP contribution in [0.25, 0.3) is 10.9 Å². The molecule has 0 aliphatic heterocycles. The number of aromatic hydroxyl groups is 1. The van der Waals surface area contributed by atoms with Gasteiger partial charge in [-0.3, -0.25) is 14.2 Å². The third-order valence-corrected chi connectivity index (χ3v) is 5.85. The molecule has 10 heteroatoms. The monoisotopic (exact) mass is 481 g/mol. The number of hydrogen-bond donors (Lipinski definition) is 2. The van der Waals surface area contributed by atoms with Gasteiger partial charge >= 0.3 is 12.3 Å². The lowest BCUT2D eigenvalue weighted by molar-refractivity contribution is -0.274. The topological polar surface area (TPSA) is 88.8 Å². The van der Waals surface area contributed by atoms with Crippen molar-refractivity contribution in [3.63, 3.8) is 0 Å². The zero-order valence-electron chi connectivity index (χ0n) is 18.6. The summed E-state index contributed by atoms with van der Waals surface area (Å²) in [5.74, 6) is -5.33. The van der Waals surface area contributed by atoms with Crippen LogP contribution in [0.2, 0.25) is 0 Å². The van der Waals surface area contributed by atoms with Crippen LogP contribution in [-0.2, 0) is 4.79 Å². The highest BCUT2D eigenvalue weighted by Crippen LogP contribution is 2.40. The predicted octanol–water partition coefficient (Wildman–Crippen LogP) is 5.99. The Morgan fingerprint density at radius 2 is 1.74 bits per heavy atom. The molecule has 6 nitrogen and oxygen atoms in total. The normalized spacial score (nSPS) is 13.6. The maximum atomic E-state index is 15.1. The number of carbonyl (C=O) groups is 2. The zero-order chi connectivity index (χ0) is 25.4. The molecule has 2 N–H and O–H groups in total. The summed E-state index contributed by atoms with van der Waals surface area (Å²) < 4.78 is 57.3. The van der Waals surface area contributed by atoms with Crippen molar-refractivity contribution in [2.75, 3.05) is 0 Å². The van der Waals surface area contributed by atoms with Crippen molar-refractivity contribution in [3.8, 4) is 11.5 Å². The summed E-state index contributed by atoms with van der Waals surface area (Å²) in [6, 6.07) is 6.54. The molecule has 3 rings (SSSR count). The Balaban J connectivity index is 2.19. The smallest absolute Gasteiger partial charge is 0.505 e. The highest BCUT2D eigenvalue weighted by molar-refractivity contribution is 6.05. The molecule has 0 fully saturated rings. The standard InChI is InChI=1S/C24H23F4NO5/c1-4-12(2)11-16(23(32)33)19-13(3)29(17-9-10-18(30)21(25)20(17)19)22(31)14-5-7-15(8-6-14)34-24(26,27)28/h5-10,12,16,30H,4,11H2,1-3H3,(H,32,33). The van der Waals surface area contributed by atoms with Crippen LogP contribution >= 0.6 is 0 Å². The maximum absolute atomic E-state index is 15.1. The summed E-state index contributed by atoms with van der Waals surface area (Å²) in [6.07, 6.45) is -4.03. The Bertz CT molecular complexity index is 1230. The second-order valence-electron chi connectivity index (χ2n) is 8.14. The van der Waals surface area contributed by atoms with Gasteiger partial charge in [-0.25, -0.2) is 4.39 Å². The van der Waals surface area contributed by atoms with Crippen molar-refractivity contribution < 1.29 is 42.1 Å². The minimum Gasteiger partial charge on any atom is -0.505 e. The molecule has 0 saturated heterocycles. The number of benzene rings is 2. The van der Waals surface area contributed by atoms with Crippen molar-refractivity contribution >= 4 is 22.8 Å². The lowest BCUT2D eigenvalue weighted by Crippen LogP contribution is -2.18. The van der Waals surface area contributed by atoms with E-state index in [2.05, 4.69) is 4.74 Å². The Morgan fingerprint density at radius 3 is 2.26 bits per heavy atom. The lowest BCUT2D eigenvalue weighted by Gasteiger charge is -2.18.